The number of hydrogen-bond donors (Lipinski definition) is 0. The van der Waals surface area contributed by atoms with Crippen LogP contribution in [0.2, 0.25) is 0 Å². The Hall–Kier alpha value is -1.88. The molecule has 0 saturated carbocycles. The minimum absolute atomic E-state index is 0.0291. The normalized spacial score (nSPS) is 20.3. The largest absolute Gasteiger partial charge is 0.327 e. The highest BCUT2D eigenvalue weighted by Crippen LogP contribution is 2.37. The summed E-state index contributed by atoms with van der Waals surface area (Å²) in [6.45, 7) is 10.1. The summed E-state index contributed by atoms with van der Waals surface area (Å²) in [5.41, 5.74) is 0.742. The summed E-state index contributed by atoms with van der Waals surface area (Å²) in [5, 5.41) is 0. The van der Waals surface area contributed by atoms with Gasteiger partial charge in [0.1, 0.15) is 5.54 Å². The average molecular weight is 372 g/mol. The smallest absolute Gasteiger partial charge is 0.309 e. The van der Waals surface area contributed by atoms with E-state index in [-0.39, 0.29) is 11.9 Å². The third-order valence-electron chi connectivity index (χ3n) is 6.11. The molecule has 1 spiro atoms. The number of hydrogen-bond acceptors (Lipinski definition) is 3. The molecule has 0 bridgehead atoms. The molecule has 2 aliphatic rings. The highest BCUT2D eigenvalue weighted by atomic mass is 16.2. The van der Waals surface area contributed by atoms with E-state index < -0.39 is 5.54 Å². The predicted molar refractivity (Wildman–Crippen MR) is 107 cm³/mol. The first-order valence-corrected chi connectivity index (χ1v) is 10.4. The first kappa shape index (κ1) is 19.9. The molecule has 2 aliphatic heterocycles. The number of rotatable bonds is 7. The molecule has 3 amide bonds. The number of likely N-dealkylation sites (tertiary alicyclic amines) is 1. The summed E-state index contributed by atoms with van der Waals surface area (Å²) >= 11 is 0. The first-order chi connectivity index (χ1) is 13.0. The zero-order valence-corrected chi connectivity index (χ0v) is 17.0. The summed E-state index contributed by atoms with van der Waals surface area (Å²) in [6.07, 6.45) is 3.47. The van der Waals surface area contributed by atoms with Gasteiger partial charge in [0.05, 0.1) is 0 Å². The molecule has 0 aromatic heterocycles. The van der Waals surface area contributed by atoms with Gasteiger partial charge in [0, 0.05) is 32.7 Å². The maximum Gasteiger partial charge on any atom is 0.327 e. The van der Waals surface area contributed by atoms with Gasteiger partial charge in [0.15, 0.2) is 0 Å². The Morgan fingerprint density at radius 3 is 2.30 bits per heavy atom. The fourth-order valence-electron chi connectivity index (χ4n) is 4.32. The zero-order valence-electron chi connectivity index (χ0n) is 17.0. The average Bonchev–Trinajstić information content (AvgIpc) is 2.86. The number of urea groups is 1. The van der Waals surface area contributed by atoms with Crippen molar-refractivity contribution in [2.75, 3.05) is 32.7 Å². The minimum atomic E-state index is -0.606. The number of carbonyl (C=O) groups excluding carboxylic acids is 2. The molecule has 0 unspecified atom stereocenters. The van der Waals surface area contributed by atoms with E-state index in [1.54, 1.807) is 0 Å². The third kappa shape index (κ3) is 4.03. The fraction of sp³-hybridized carbons (Fsp3) is 0.636. The molecule has 2 fully saturated rings. The van der Waals surface area contributed by atoms with Gasteiger partial charge in [0.25, 0.3) is 5.91 Å². The molecule has 1 aromatic carbocycles. The van der Waals surface area contributed by atoms with Crippen molar-refractivity contribution in [3.63, 3.8) is 0 Å². The summed E-state index contributed by atoms with van der Waals surface area (Å²) in [7, 11) is 0. The monoisotopic (exact) mass is 371 g/mol. The molecule has 148 valence electrons. The molecule has 2 heterocycles. The quantitative estimate of drug-likeness (QED) is 0.690. The van der Waals surface area contributed by atoms with Crippen LogP contribution in [0.15, 0.2) is 30.3 Å². The second kappa shape index (κ2) is 8.42. The molecule has 2 saturated heterocycles. The lowest BCUT2D eigenvalue weighted by atomic mass is 9.85. The SMILES string of the molecule is CCN1C(=O)N(CCC(C)C)C2(CCN(CCc3ccccc3)CC2)C1=O. The lowest BCUT2D eigenvalue weighted by molar-refractivity contribution is -0.135. The number of carbonyl (C=O) groups is 2. The number of piperidine rings is 1. The van der Waals surface area contributed by atoms with E-state index in [0.29, 0.717) is 19.0 Å². The Bertz CT molecular complexity index is 651. The Labute approximate surface area is 163 Å². The second-order valence-corrected chi connectivity index (χ2v) is 8.27. The molecule has 1 aromatic rings. The highest BCUT2D eigenvalue weighted by molar-refractivity contribution is 6.07. The van der Waals surface area contributed by atoms with Gasteiger partial charge in [-0.15, -0.1) is 0 Å². The van der Waals surface area contributed by atoms with Crippen molar-refractivity contribution in [1.29, 1.82) is 0 Å². The summed E-state index contributed by atoms with van der Waals surface area (Å²) in [6, 6.07) is 10.4. The van der Waals surface area contributed by atoms with E-state index in [9.17, 15) is 9.59 Å². The van der Waals surface area contributed by atoms with Crippen LogP contribution < -0.4 is 0 Å². The number of nitrogens with zero attached hydrogens (tertiary/aromatic N) is 3. The second-order valence-electron chi connectivity index (χ2n) is 8.27. The summed E-state index contributed by atoms with van der Waals surface area (Å²) in [4.78, 5) is 31.7. The van der Waals surface area contributed by atoms with Crippen LogP contribution in [0, 0.1) is 5.92 Å². The van der Waals surface area contributed by atoms with Crippen LogP contribution in [-0.2, 0) is 11.2 Å². The molecule has 27 heavy (non-hydrogen) atoms. The van der Waals surface area contributed by atoms with Crippen LogP contribution in [0.1, 0.15) is 45.6 Å². The van der Waals surface area contributed by atoms with Crippen molar-refractivity contribution in [1.82, 2.24) is 14.7 Å². The maximum atomic E-state index is 13.1. The van der Waals surface area contributed by atoms with E-state index in [4.69, 9.17) is 0 Å². The molecule has 3 rings (SSSR count). The van der Waals surface area contributed by atoms with Crippen molar-refractivity contribution in [3.8, 4) is 0 Å². The predicted octanol–water partition coefficient (Wildman–Crippen LogP) is 3.39. The molecule has 0 radical (unpaired) electrons. The highest BCUT2D eigenvalue weighted by Gasteiger charge is 2.57. The van der Waals surface area contributed by atoms with E-state index in [2.05, 4.69) is 43.0 Å². The molecular weight excluding hydrogens is 338 g/mol. The molecule has 0 atom stereocenters. The van der Waals surface area contributed by atoms with Crippen molar-refractivity contribution in [2.24, 2.45) is 5.92 Å². The van der Waals surface area contributed by atoms with Crippen molar-refractivity contribution in [2.45, 2.75) is 52.0 Å². The van der Waals surface area contributed by atoms with Crippen LogP contribution in [-0.4, -0.2) is 64.9 Å². The van der Waals surface area contributed by atoms with Gasteiger partial charge < -0.3 is 9.80 Å². The van der Waals surface area contributed by atoms with Crippen LogP contribution in [0.25, 0.3) is 0 Å². The standard InChI is InChI=1S/C22H33N3O2/c1-4-24-20(26)22(25(21(24)27)15-10-18(2)3)12-16-23(17-13-22)14-11-19-8-6-5-7-9-19/h5-9,18H,4,10-17H2,1-3H3. The van der Waals surface area contributed by atoms with E-state index in [1.807, 2.05) is 17.9 Å². The molecule has 0 aliphatic carbocycles. The van der Waals surface area contributed by atoms with Gasteiger partial charge in [-0.2, -0.15) is 0 Å². The Morgan fingerprint density at radius 2 is 1.70 bits per heavy atom. The third-order valence-corrected chi connectivity index (χ3v) is 6.11. The van der Waals surface area contributed by atoms with Crippen molar-refractivity contribution >= 4 is 11.9 Å². The van der Waals surface area contributed by atoms with Gasteiger partial charge in [-0.05, 0) is 44.1 Å². The number of amides is 3. The van der Waals surface area contributed by atoms with E-state index in [1.165, 1.54) is 10.5 Å². The van der Waals surface area contributed by atoms with Crippen molar-refractivity contribution in [3.05, 3.63) is 35.9 Å². The lowest BCUT2D eigenvalue weighted by Crippen LogP contribution is -2.57. The van der Waals surface area contributed by atoms with Gasteiger partial charge in [-0.1, -0.05) is 44.2 Å². The van der Waals surface area contributed by atoms with Crippen LogP contribution in [0.4, 0.5) is 4.79 Å². The number of likely N-dealkylation sites (N-methyl/N-ethyl adjacent to an activating group) is 1. The van der Waals surface area contributed by atoms with Gasteiger partial charge in [0.2, 0.25) is 0 Å². The zero-order chi connectivity index (χ0) is 19.4. The van der Waals surface area contributed by atoms with Crippen molar-refractivity contribution < 1.29 is 9.59 Å². The topological polar surface area (TPSA) is 43.9 Å². The van der Waals surface area contributed by atoms with Crippen LogP contribution in [0.5, 0.6) is 0 Å². The summed E-state index contributed by atoms with van der Waals surface area (Å²) in [5.74, 6) is 0.549. The number of benzene rings is 1. The van der Waals surface area contributed by atoms with E-state index in [0.717, 1.165) is 45.3 Å². The van der Waals surface area contributed by atoms with E-state index >= 15 is 0 Å². The van der Waals surface area contributed by atoms with Crippen LogP contribution >= 0.6 is 0 Å². The number of imide groups is 1. The maximum absolute atomic E-state index is 13.1. The first-order valence-electron chi connectivity index (χ1n) is 10.4. The molecule has 0 N–H and O–H groups in total. The molecular formula is C22H33N3O2. The Kier molecular flexibility index (Phi) is 6.20. The summed E-state index contributed by atoms with van der Waals surface area (Å²) < 4.78 is 0. The molecule has 5 heteroatoms. The van der Waals surface area contributed by atoms with Gasteiger partial charge in [-0.3, -0.25) is 9.69 Å². The fourth-order valence-corrected chi connectivity index (χ4v) is 4.32. The van der Waals surface area contributed by atoms with Gasteiger partial charge in [-0.25, -0.2) is 4.79 Å². The lowest BCUT2D eigenvalue weighted by Gasteiger charge is -2.42. The van der Waals surface area contributed by atoms with Crippen LogP contribution in [0.3, 0.4) is 0 Å². The molecule has 5 nitrogen and oxygen atoms in total. The Balaban J connectivity index is 1.65. The van der Waals surface area contributed by atoms with Gasteiger partial charge >= 0.3 is 6.03 Å². The Morgan fingerprint density at radius 1 is 1.04 bits per heavy atom. The minimum Gasteiger partial charge on any atom is -0.309 e.